The number of rotatable bonds is 5. The maximum absolute atomic E-state index is 12.0. The summed E-state index contributed by atoms with van der Waals surface area (Å²) in [6.07, 6.45) is 2.08. The summed E-state index contributed by atoms with van der Waals surface area (Å²) in [5, 5.41) is 4.03. The number of hydrogen-bond acceptors (Lipinski definition) is 2. The average molecular weight is 262 g/mol. The van der Waals surface area contributed by atoms with E-state index in [-0.39, 0.29) is 5.91 Å². The molecule has 0 fully saturated rings. The molecule has 1 amide bonds. The molecule has 0 aliphatic rings. The van der Waals surface area contributed by atoms with Gasteiger partial charge in [-0.05, 0) is 30.1 Å². The Morgan fingerprint density at radius 1 is 1.44 bits per heavy atom. The molecule has 0 spiro atoms. The molecular weight excluding hydrogens is 244 g/mol. The van der Waals surface area contributed by atoms with Crippen molar-refractivity contribution in [3.8, 4) is 0 Å². The minimum Gasteiger partial charge on any atom is -0.351 e. The van der Waals surface area contributed by atoms with Crippen molar-refractivity contribution in [1.82, 2.24) is 10.3 Å². The number of para-hydroxylation sites is 1. The predicted molar refractivity (Wildman–Crippen MR) is 78.2 cm³/mol. The molecule has 0 radical (unpaired) electrons. The van der Waals surface area contributed by atoms with Crippen molar-refractivity contribution in [3.05, 3.63) is 36.0 Å². The van der Waals surface area contributed by atoms with Crippen molar-refractivity contribution in [3.63, 3.8) is 0 Å². The Balaban J connectivity index is 2.00. The number of fused-ring (bicyclic) bond motifs is 1. The highest BCUT2D eigenvalue weighted by Gasteiger charge is 2.10. The fourth-order valence-electron chi connectivity index (χ4n) is 1.90. The molecule has 1 aromatic carbocycles. The van der Waals surface area contributed by atoms with Gasteiger partial charge in [0.15, 0.2) is 0 Å². The van der Waals surface area contributed by atoms with Crippen LogP contribution in [-0.4, -0.2) is 29.4 Å². The number of hydrogen-bond donors (Lipinski definition) is 2. The summed E-state index contributed by atoms with van der Waals surface area (Å²) in [5.41, 5.74) is 1.63. The fraction of sp³-hybridized carbons (Fsp3) is 0.357. The number of thioether (sulfide) groups is 1. The molecule has 0 aliphatic heterocycles. The van der Waals surface area contributed by atoms with Crippen LogP contribution in [0, 0.1) is 5.92 Å². The molecule has 2 aromatic rings. The van der Waals surface area contributed by atoms with E-state index in [4.69, 9.17) is 0 Å². The van der Waals surface area contributed by atoms with Crippen molar-refractivity contribution >= 4 is 28.6 Å². The summed E-state index contributed by atoms with van der Waals surface area (Å²) in [7, 11) is 0. The summed E-state index contributed by atoms with van der Waals surface area (Å²) in [6, 6.07) is 9.80. The third kappa shape index (κ3) is 3.07. The molecule has 0 aliphatic carbocycles. The van der Waals surface area contributed by atoms with Crippen LogP contribution in [0.25, 0.3) is 10.9 Å². The van der Waals surface area contributed by atoms with Crippen LogP contribution in [0.4, 0.5) is 0 Å². The van der Waals surface area contributed by atoms with Gasteiger partial charge in [-0.15, -0.1) is 0 Å². The highest BCUT2D eigenvalue weighted by Crippen LogP contribution is 2.14. The summed E-state index contributed by atoms with van der Waals surface area (Å²) in [6.45, 7) is 2.86. The molecule has 1 heterocycles. The Hall–Kier alpha value is -1.42. The molecule has 1 atom stereocenters. The van der Waals surface area contributed by atoms with Gasteiger partial charge < -0.3 is 10.3 Å². The van der Waals surface area contributed by atoms with Gasteiger partial charge in [-0.3, -0.25) is 4.79 Å². The topological polar surface area (TPSA) is 44.9 Å². The third-order valence-corrected chi connectivity index (χ3v) is 3.74. The first-order chi connectivity index (χ1) is 8.70. The number of carbonyl (C=O) groups excluding carboxylic acids is 1. The van der Waals surface area contributed by atoms with E-state index in [2.05, 4.69) is 23.5 Å². The second kappa shape index (κ2) is 5.96. The van der Waals surface area contributed by atoms with E-state index in [1.165, 1.54) is 0 Å². The van der Waals surface area contributed by atoms with Crippen molar-refractivity contribution in [2.45, 2.75) is 6.92 Å². The van der Waals surface area contributed by atoms with Crippen LogP contribution in [0.2, 0.25) is 0 Å². The first-order valence-corrected chi connectivity index (χ1v) is 7.45. The van der Waals surface area contributed by atoms with E-state index in [1.54, 1.807) is 11.8 Å². The molecule has 2 N–H and O–H groups in total. The van der Waals surface area contributed by atoms with Gasteiger partial charge in [-0.25, -0.2) is 0 Å². The molecular formula is C14H18N2OS. The largest absolute Gasteiger partial charge is 0.351 e. The second-order valence-electron chi connectivity index (χ2n) is 4.54. The van der Waals surface area contributed by atoms with Crippen LogP contribution in [-0.2, 0) is 0 Å². The number of aromatic nitrogens is 1. The van der Waals surface area contributed by atoms with E-state index in [0.717, 1.165) is 23.2 Å². The molecule has 0 saturated carbocycles. The SMILES string of the molecule is CSCC(C)CNC(=O)c1cc2ccccc2[nH]1. The highest BCUT2D eigenvalue weighted by molar-refractivity contribution is 7.98. The van der Waals surface area contributed by atoms with Gasteiger partial charge in [0, 0.05) is 17.4 Å². The molecule has 1 unspecified atom stereocenters. The molecule has 96 valence electrons. The Morgan fingerprint density at radius 3 is 2.94 bits per heavy atom. The quantitative estimate of drug-likeness (QED) is 0.870. The van der Waals surface area contributed by atoms with Gasteiger partial charge in [0.1, 0.15) is 5.69 Å². The first-order valence-electron chi connectivity index (χ1n) is 6.05. The van der Waals surface area contributed by atoms with Gasteiger partial charge in [0.05, 0.1) is 0 Å². The molecule has 1 aromatic heterocycles. The smallest absolute Gasteiger partial charge is 0.267 e. The van der Waals surface area contributed by atoms with Crippen molar-refractivity contribution in [2.24, 2.45) is 5.92 Å². The van der Waals surface area contributed by atoms with Crippen LogP contribution in [0.5, 0.6) is 0 Å². The van der Waals surface area contributed by atoms with Crippen LogP contribution >= 0.6 is 11.8 Å². The minimum absolute atomic E-state index is 0.0286. The fourth-order valence-corrected chi connectivity index (χ4v) is 2.59. The first kappa shape index (κ1) is 13.0. The maximum atomic E-state index is 12.0. The monoisotopic (exact) mass is 262 g/mol. The summed E-state index contributed by atoms with van der Waals surface area (Å²) in [4.78, 5) is 15.1. The Kier molecular flexibility index (Phi) is 4.31. The molecule has 2 rings (SSSR count). The average Bonchev–Trinajstić information content (AvgIpc) is 2.80. The van der Waals surface area contributed by atoms with Gasteiger partial charge >= 0.3 is 0 Å². The van der Waals surface area contributed by atoms with Gasteiger partial charge in [0.2, 0.25) is 0 Å². The van der Waals surface area contributed by atoms with Crippen molar-refractivity contribution < 1.29 is 4.79 Å². The Labute approximate surface area is 111 Å². The number of H-pyrrole nitrogens is 1. The van der Waals surface area contributed by atoms with Crippen LogP contribution in [0.15, 0.2) is 30.3 Å². The zero-order valence-corrected chi connectivity index (χ0v) is 11.5. The molecule has 3 nitrogen and oxygen atoms in total. The third-order valence-electron chi connectivity index (χ3n) is 2.84. The number of aromatic amines is 1. The number of carbonyl (C=O) groups is 1. The zero-order valence-electron chi connectivity index (χ0n) is 10.7. The Bertz CT molecular complexity index is 502. The standard InChI is InChI=1S/C14H18N2OS/c1-10(9-18-2)8-15-14(17)13-7-11-5-3-4-6-12(11)16-13/h3-7,10,16H,8-9H2,1-2H3,(H,15,17). The van der Waals surface area contributed by atoms with Crippen LogP contribution in [0.3, 0.4) is 0 Å². The van der Waals surface area contributed by atoms with Gasteiger partial charge in [-0.2, -0.15) is 11.8 Å². The van der Waals surface area contributed by atoms with E-state index in [9.17, 15) is 4.79 Å². The van der Waals surface area contributed by atoms with Crippen molar-refractivity contribution in [1.29, 1.82) is 0 Å². The Morgan fingerprint density at radius 2 is 2.22 bits per heavy atom. The minimum atomic E-state index is -0.0286. The highest BCUT2D eigenvalue weighted by atomic mass is 32.2. The lowest BCUT2D eigenvalue weighted by atomic mass is 10.2. The second-order valence-corrected chi connectivity index (χ2v) is 5.45. The number of amides is 1. The summed E-state index contributed by atoms with van der Waals surface area (Å²) >= 11 is 1.80. The lowest BCUT2D eigenvalue weighted by Gasteiger charge is -2.10. The summed E-state index contributed by atoms with van der Waals surface area (Å²) in [5.74, 6) is 1.53. The molecule has 0 saturated heterocycles. The van der Waals surface area contributed by atoms with E-state index >= 15 is 0 Å². The zero-order chi connectivity index (χ0) is 13.0. The molecule has 0 bridgehead atoms. The van der Waals surface area contributed by atoms with E-state index in [0.29, 0.717) is 11.6 Å². The van der Waals surface area contributed by atoms with Crippen LogP contribution < -0.4 is 5.32 Å². The number of nitrogens with one attached hydrogen (secondary N) is 2. The molecule has 18 heavy (non-hydrogen) atoms. The van der Waals surface area contributed by atoms with Crippen LogP contribution in [0.1, 0.15) is 17.4 Å². The summed E-state index contributed by atoms with van der Waals surface area (Å²) < 4.78 is 0. The molecule has 4 heteroatoms. The van der Waals surface area contributed by atoms with Gasteiger partial charge in [0.25, 0.3) is 5.91 Å². The lowest BCUT2D eigenvalue weighted by Crippen LogP contribution is -2.29. The predicted octanol–water partition coefficient (Wildman–Crippen LogP) is 2.90. The maximum Gasteiger partial charge on any atom is 0.267 e. The van der Waals surface area contributed by atoms with Gasteiger partial charge in [-0.1, -0.05) is 25.1 Å². The number of benzene rings is 1. The van der Waals surface area contributed by atoms with E-state index in [1.807, 2.05) is 30.3 Å². The lowest BCUT2D eigenvalue weighted by molar-refractivity contribution is 0.0945. The van der Waals surface area contributed by atoms with E-state index < -0.39 is 0 Å². The van der Waals surface area contributed by atoms with Crippen molar-refractivity contribution in [2.75, 3.05) is 18.6 Å². The normalized spacial score (nSPS) is 12.6.